The second-order valence-electron chi connectivity index (χ2n) is 4.54. The van der Waals surface area contributed by atoms with Crippen molar-refractivity contribution < 1.29 is 4.42 Å². The van der Waals surface area contributed by atoms with Crippen molar-refractivity contribution in [1.29, 1.82) is 0 Å². The average molecular weight is 261 g/mol. The lowest BCUT2D eigenvalue weighted by Gasteiger charge is -2.12. The van der Waals surface area contributed by atoms with Crippen molar-refractivity contribution in [3.63, 3.8) is 0 Å². The van der Waals surface area contributed by atoms with Crippen LogP contribution in [0.25, 0.3) is 0 Å². The van der Waals surface area contributed by atoms with Crippen molar-refractivity contribution in [2.24, 2.45) is 5.73 Å². The highest BCUT2D eigenvalue weighted by molar-refractivity contribution is 7.99. The summed E-state index contributed by atoms with van der Waals surface area (Å²) in [6, 6.07) is 10.5. The van der Waals surface area contributed by atoms with Gasteiger partial charge in [-0.2, -0.15) is 0 Å². The topological polar surface area (TPSA) is 39.2 Å². The maximum Gasteiger partial charge on any atom is 0.118 e. The monoisotopic (exact) mass is 261 g/mol. The summed E-state index contributed by atoms with van der Waals surface area (Å²) >= 11 is 1.76. The Labute approximate surface area is 113 Å². The highest BCUT2D eigenvalue weighted by Crippen LogP contribution is 2.35. The van der Waals surface area contributed by atoms with Crippen molar-refractivity contribution in [3.05, 3.63) is 53.0 Å². The zero-order chi connectivity index (χ0) is 13.1. The molecule has 2 rings (SSSR count). The van der Waals surface area contributed by atoms with E-state index >= 15 is 0 Å². The summed E-state index contributed by atoms with van der Waals surface area (Å²) in [5.74, 6) is 1.89. The lowest BCUT2D eigenvalue weighted by molar-refractivity contribution is 0.481. The van der Waals surface area contributed by atoms with E-state index in [0.29, 0.717) is 6.54 Å². The van der Waals surface area contributed by atoms with E-state index in [0.717, 1.165) is 11.5 Å². The molecular formula is C15H19NOS. The predicted octanol–water partition coefficient (Wildman–Crippen LogP) is 4.00. The maximum absolute atomic E-state index is 5.85. The Hall–Kier alpha value is -1.19. The molecule has 0 saturated carbocycles. The van der Waals surface area contributed by atoms with Crippen LogP contribution in [0.2, 0.25) is 0 Å². The van der Waals surface area contributed by atoms with Crippen molar-refractivity contribution in [1.82, 2.24) is 0 Å². The molecule has 0 spiro atoms. The van der Waals surface area contributed by atoms with Gasteiger partial charge < -0.3 is 10.2 Å². The Kier molecular flexibility index (Phi) is 4.15. The molecule has 2 N–H and O–H groups in total. The molecular weight excluding hydrogens is 242 g/mol. The minimum Gasteiger partial charge on any atom is -0.465 e. The number of rotatable bonds is 4. The first-order chi connectivity index (χ1) is 8.60. The second kappa shape index (κ2) is 5.63. The number of hydrogen-bond acceptors (Lipinski definition) is 3. The van der Waals surface area contributed by atoms with Crippen LogP contribution >= 0.6 is 11.8 Å². The molecule has 0 aliphatic carbocycles. The summed E-state index contributed by atoms with van der Waals surface area (Å²) in [5.41, 5.74) is 8.48. The molecule has 2 nitrogen and oxygen atoms in total. The largest absolute Gasteiger partial charge is 0.465 e. The van der Waals surface area contributed by atoms with Crippen molar-refractivity contribution in [2.45, 2.75) is 30.9 Å². The molecule has 0 radical (unpaired) electrons. The number of nitrogens with two attached hydrogens (primary N) is 1. The molecule has 0 aliphatic heterocycles. The van der Waals surface area contributed by atoms with Gasteiger partial charge in [-0.3, -0.25) is 0 Å². The molecule has 2 aromatic rings. The third-order valence-corrected chi connectivity index (χ3v) is 4.28. The van der Waals surface area contributed by atoms with E-state index < -0.39 is 0 Å². The van der Waals surface area contributed by atoms with E-state index in [9.17, 15) is 0 Å². The summed E-state index contributed by atoms with van der Waals surface area (Å²) in [6.45, 7) is 6.79. The van der Waals surface area contributed by atoms with Crippen LogP contribution in [-0.2, 0) is 0 Å². The van der Waals surface area contributed by atoms with Crippen molar-refractivity contribution >= 4 is 11.8 Å². The van der Waals surface area contributed by atoms with E-state index in [1.165, 1.54) is 16.0 Å². The number of benzene rings is 1. The van der Waals surface area contributed by atoms with Gasteiger partial charge in [0.2, 0.25) is 0 Å². The fraction of sp³-hybridized carbons (Fsp3) is 0.333. The van der Waals surface area contributed by atoms with E-state index in [-0.39, 0.29) is 5.25 Å². The molecule has 1 aromatic heterocycles. The van der Waals surface area contributed by atoms with Gasteiger partial charge in [0.25, 0.3) is 0 Å². The van der Waals surface area contributed by atoms with Gasteiger partial charge in [-0.05, 0) is 56.2 Å². The van der Waals surface area contributed by atoms with Crippen LogP contribution < -0.4 is 5.73 Å². The minimum atomic E-state index is 0.181. The van der Waals surface area contributed by atoms with E-state index in [1.807, 2.05) is 19.1 Å². The normalized spacial score (nSPS) is 12.7. The van der Waals surface area contributed by atoms with Gasteiger partial charge in [-0.25, -0.2) is 0 Å². The molecule has 3 heteroatoms. The van der Waals surface area contributed by atoms with Crippen LogP contribution in [0.3, 0.4) is 0 Å². The smallest absolute Gasteiger partial charge is 0.118 e. The number of furan rings is 1. The highest BCUT2D eigenvalue weighted by atomic mass is 32.2. The minimum absolute atomic E-state index is 0.181. The van der Waals surface area contributed by atoms with Crippen LogP contribution in [0.5, 0.6) is 0 Å². The summed E-state index contributed by atoms with van der Waals surface area (Å²) in [5, 5.41) is 0.181. The molecule has 0 aliphatic rings. The predicted molar refractivity (Wildman–Crippen MR) is 77.0 cm³/mol. The molecule has 0 amide bonds. The molecule has 1 unspecified atom stereocenters. The first kappa shape index (κ1) is 13.2. The summed E-state index contributed by atoms with van der Waals surface area (Å²) in [4.78, 5) is 1.24. The standard InChI is InChI=1S/C15H19NOS/c1-10-4-6-13(8-11(10)2)18-15(9-16)14-7-5-12(3)17-14/h4-8,15H,9,16H2,1-3H3. The fourth-order valence-electron chi connectivity index (χ4n) is 1.80. The number of thioether (sulfide) groups is 1. The average Bonchev–Trinajstić information content (AvgIpc) is 2.77. The lowest BCUT2D eigenvalue weighted by Crippen LogP contribution is -2.08. The van der Waals surface area contributed by atoms with E-state index in [2.05, 4.69) is 32.0 Å². The van der Waals surface area contributed by atoms with Crippen LogP contribution in [0, 0.1) is 20.8 Å². The fourth-order valence-corrected chi connectivity index (χ4v) is 2.86. The number of hydrogen-bond donors (Lipinski definition) is 1. The van der Waals surface area contributed by atoms with Gasteiger partial charge in [0.05, 0.1) is 5.25 Å². The SMILES string of the molecule is Cc1ccc(C(CN)Sc2ccc(C)c(C)c2)o1. The second-order valence-corrected chi connectivity index (χ2v) is 5.81. The first-order valence-corrected chi connectivity index (χ1v) is 6.98. The lowest BCUT2D eigenvalue weighted by atomic mass is 10.1. The Morgan fingerprint density at radius 3 is 2.44 bits per heavy atom. The maximum atomic E-state index is 5.85. The van der Waals surface area contributed by atoms with Gasteiger partial charge in [0.15, 0.2) is 0 Å². The van der Waals surface area contributed by atoms with Gasteiger partial charge in [0, 0.05) is 11.4 Å². The highest BCUT2D eigenvalue weighted by Gasteiger charge is 2.15. The van der Waals surface area contributed by atoms with Crippen LogP contribution in [0.4, 0.5) is 0 Å². The Morgan fingerprint density at radius 2 is 1.89 bits per heavy atom. The molecule has 1 atom stereocenters. The molecule has 18 heavy (non-hydrogen) atoms. The Balaban J connectivity index is 2.17. The Bertz CT molecular complexity index is 533. The third kappa shape index (κ3) is 2.98. The quantitative estimate of drug-likeness (QED) is 0.846. The van der Waals surface area contributed by atoms with Gasteiger partial charge in [-0.1, -0.05) is 6.07 Å². The molecule has 0 bridgehead atoms. The summed E-state index contributed by atoms with van der Waals surface area (Å²) in [7, 11) is 0. The van der Waals surface area contributed by atoms with Gasteiger partial charge in [0.1, 0.15) is 11.5 Å². The molecule has 1 aromatic carbocycles. The zero-order valence-corrected chi connectivity index (χ0v) is 11.9. The zero-order valence-electron chi connectivity index (χ0n) is 11.1. The van der Waals surface area contributed by atoms with Crippen molar-refractivity contribution in [3.8, 4) is 0 Å². The Morgan fingerprint density at radius 1 is 1.11 bits per heavy atom. The van der Waals surface area contributed by atoms with Gasteiger partial charge in [-0.15, -0.1) is 11.8 Å². The van der Waals surface area contributed by atoms with Crippen LogP contribution in [0.1, 0.15) is 27.9 Å². The van der Waals surface area contributed by atoms with E-state index in [1.54, 1.807) is 11.8 Å². The molecule has 0 fully saturated rings. The molecule has 96 valence electrons. The molecule has 0 saturated heterocycles. The third-order valence-electron chi connectivity index (χ3n) is 3.05. The van der Waals surface area contributed by atoms with Crippen molar-refractivity contribution in [2.75, 3.05) is 6.54 Å². The van der Waals surface area contributed by atoms with E-state index in [4.69, 9.17) is 10.2 Å². The summed E-state index contributed by atoms with van der Waals surface area (Å²) < 4.78 is 5.66. The number of aryl methyl sites for hydroxylation is 3. The van der Waals surface area contributed by atoms with Gasteiger partial charge >= 0.3 is 0 Å². The van der Waals surface area contributed by atoms with Crippen LogP contribution in [-0.4, -0.2) is 6.54 Å². The first-order valence-electron chi connectivity index (χ1n) is 6.10. The van der Waals surface area contributed by atoms with Crippen LogP contribution in [0.15, 0.2) is 39.6 Å². The summed E-state index contributed by atoms with van der Waals surface area (Å²) in [6.07, 6.45) is 0. The molecule has 1 heterocycles.